The molecule has 0 bridgehead atoms. The van der Waals surface area contributed by atoms with Gasteiger partial charge in [-0.15, -0.1) is 0 Å². The summed E-state index contributed by atoms with van der Waals surface area (Å²) >= 11 is 0. The lowest BCUT2D eigenvalue weighted by atomic mass is 9.60. The Morgan fingerprint density at radius 1 is 1.07 bits per heavy atom. The van der Waals surface area contributed by atoms with Gasteiger partial charge in [-0.1, -0.05) is 76.8 Å². The molecule has 0 saturated heterocycles. The average Bonchev–Trinajstić information content (AvgIpc) is 3.01. The summed E-state index contributed by atoms with van der Waals surface area (Å²) in [5, 5.41) is 20.3. The minimum Gasteiger partial charge on any atom is -0.388 e. The molecule has 3 fully saturated rings. The summed E-state index contributed by atoms with van der Waals surface area (Å²) in [7, 11) is 0. The molecule has 0 radical (unpaired) electrons. The molecule has 2 heteroatoms. The number of hydrogen-bond acceptors (Lipinski definition) is 2. The van der Waals surface area contributed by atoms with Gasteiger partial charge in [0.15, 0.2) is 0 Å². The Kier molecular flexibility index (Phi) is 7.49. The van der Waals surface area contributed by atoms with Gasteiger partial charge in [-0.2, -0.15) is 0 Å². The summed E-state index contributed by atoms with van der Waals surface area (Å²) in [6.07, 6.45) is 15.4. The fraction of sp³-hybridized carbons (Fsp3) is 0.778. The molecule has 6 atom stereocenters. The van der Waals surface area contributed by atoms with Crippen molar-refractivity contribution in [2.24, 2.45) is 29.1 Å². The third-order valence-corrected chi connectivity index (χ3v) is 8.47. The highest BCUT2D eigenvalue weighted by molar-refractivity contribution is 5.29. The molecule has 0 aromatic heterocycles. The number of fused-ring (bicyclic) bond motifs is 1. The number of rotatable bonds is 6. The molecule has 3 saturated carbocycles. The quantitative estimate of drug-likeness (QED) is 0.494. The molecule has 0 spiro atoms. The predicted octanol–water partition coefficient (Wildman–Crippen LogP) is 6.59. The van der Waals surface area contributed by atoms with Crippen LogP contribution in [0.2, 0.25) is 0 Å². The van der Waals surface area contributed by atoms with Gasteiger partial charge in [-0.05, 0) is 79.6 Å². The van der Waals surface area contributed by atoms with E-state index < -0.39 is 12.2 Å². The van der Waals surface area contributed by atoms with E-state index in [0.29, 0.717) is 23.8 Å². The van der Waals surface area contributed by atoms with Gasteiger partial charge in [0.1, 0.15) is 0 Å². The van der Waals surface area contributed by atoms with E-state index in [1.807, 2.05) is 0 Å². The summed E-state index contributed by atoms with van der Waals surface area (Å²) < 4.78 is 0. The average molecular weight is 401 g/mol. The van der Waals surface area contributed by atoms with E-state index in [2.05, 4.69) is 46.4 Å². The van der Waals surface area contributed by atoms with E-state index in [9.17, 15) is 10.2 Å². The van der Waals surface area contributed by atoms with Crippen LogP contribution in [-0.2, 0) is 0 Å². The van der Waals surface area contributed by atoms with Crippen molar-refractivity contribution >= 4 is 0 Å². The molecule has 0 aromatic carbocycles. The Bertz CT molecular complexity index is 627. The molecule has 2 nitrogen and oxygen atoms in total. The van der Waals surface area contributed by atoms with Gasteiger partial charge in [-0.25, -0.2) is 0 Å². The zero-order valence-electron chi connectivity index (χ0n) is 19.3. The van der Waals surface area contributed by atoms with Gasteiger partial charge >= 0.3 is 0 Å². The fourth-order valence-corrected chi connectivity index (χ4v) is 6.69. The lowest BCUT2D eigenvalue weighted by molar-refractivity contribution is 0.0928. The normalized spacial score (nSPS) is 37.8. The van der Waals surface area contributed by atoms with Gasteiger partial charge < -0.3 is 10.2 Å². The van der Waals surface area contributed by atoms with Crippen LogP contribution < -0.4 is 0 Å². The van der Waals surface area contributed by atoms with Crippen molar-refractivity contribution in [1.29, 1.82) is 0 Å². The van der Waals surface area contributed by atoms with Gasteiger partial charge in [0, 0.05) is 0 Å². The first-order chi connectivity index (χ1) is 13.7. The van der Waals surface area contributed by atoms with E-state index in [-0.39, 0.29) is 0 Å². The van der Waals surface area contributed by atoms with Crippen LogP contribution in [0.25, 0.3) is 0 Å². The maximum atomic E-state index is 10.1. The van der Waals surface area contributed by atoms with Crippen molar-refractivity contribution in [1.82, 2.24) is 0 Å². The lowest BCUT2D eigenvalue weighted by Gasteiger charge is -2.44. The predicted molar refractivity (Wildman–Crippen MR) is 123 cm³/mol. The maximum Gasteiger partial charge on any atom is 0.0809 e. The second kappa shape index (κ2) is 9.52. The topological polar surface area (TPSA) is 40.5 Å². The standard InChI is InChI=1S/C27H44O2/c1-18(2)8-6-9-19(3)23-13-14-24-22(10-7-15-27(23,24)5)12-11-21-16-25(28)20(4)26(29)17-21/h11-12,18-19,23-26,28-29H,4,6-10,13-17H2,1-3,5H3/b22-12+/t19-,23?,24?,25+,26+,27+/m0/s1. The Morgan fingerprint density at radius 2 is 1.76 bits per heavy atom. The Balaban J connectivity index is 1.68. The van der Waals surface area contributed by atoms with Crippen molar-refractivity contribution in [3.05, 3.63) is 35.5 Å². The Labute approximate surface area is 179 Å². The highest BCUT2D eigenvalue weighted by Crippen LogP contribution is 2.59. The summed E-state index contributed by atoms with van der Waals surface area (Å²) in [6.45, 7) is 13.6. The van der Waals surface area contributed by atoms with Crippen molar-refractivity contribution in [2.75, 3.05) is 0 Å². The molecule has 2 N–H and O–H groups in total. The minimum atomic E-state index is -0.595. The van der Waals surface area contributed by atoms with Crippen LogP contribution in [0, 0.1) is 29.1 Å². The molecule has 3 rings (SSSR count). The molecular weight excluding hydrogens is 356 g/mol. The molecule has 3 aliphatic carbocycles. The zero-order chi connectivity index (χ0) is 21.2. The van der Waals surface area contributed by atoms with Crippen molar-refractivity contribution in [3.63, 3.8) is 0 Å². The van der Waals surface area contributed by atoms with E-state index in [0.717, 1.165) is 29.2 Å². The van der Waals surface area contributed by atoms with Crippen LogP contribution in [0.3, 0.4) is 0 Å². The SMILES string of the molecule is C=C1[C@H](O)CC(=C/C=C2\CCC[C@@]3(C)C2CCC3[C@@H](C)CCCC(C)C)C[C@H]1O. The highest BCUT2D eigenvalue weighted by Gasteiger charge is 2.50. The monoisotopic (exact) mass is 400 g/mol. The first-order valence-corrected chi connectivity index (χ1v) is 12.2. The van der Waals surface area contributed by atoms with Gasteiger partial charge in [0.2, 0.25) is 0 Å². The third-order valence-electron chi connectivity index (χ3n) is 8.47. The summed E-state index contributed by atoms with van der Waals surface area (Å²) in [4.78, 5) is 0. The molecule has 0 heterocycles. The molecule has 164 valence electrons. The second-order valence-corrected chi connectivity index (χ2v) is 11.0. The Hall–Kier alpha value is -0.860. The van der Waals surface area contributed by atoms with Crippen LogP contribution in [0.1, 0.15) is 91.9 Å². The van der Waals surface area contributed by atoms with Crippen LogP contribution >= 0.6 is 0 Å². The summed E-state index contributed by atoms with van der Waals surface area (Å²) in [5.41, 5.74) is 3.81. The summed E-state index contributed by atoms with van der Waals surface area (Å²) in [5.74, 6) is 3.23. The lowest BCUT2D eigenvalue weighted by Crippen LogP contribution is -2.36. The summed E-state index contributed by atoms with van der Waals surface area (Å²) in [6, 6.07) is 0. The van der Waals surface area contributed by atoms with Gasteiger partial charge in [0.05, 0.1) is 12.2 Å². The van der Waals surface area contributed by atoms with E-state index in [1.165, 1.54) is 51.4 Å². The van der Waals surface area contributed by atoms with E-state index >= 15 is 0 Å². The van der Waals surface area contributed by atoms with Gasteiger partial charge in [0.25, 0.3) is 0 Å². The van der Waals surface area contributed by atoms with E-state index in [4.69, 9.17) is 0 Å². The van der Waals surface area contributed by atoms with Crippen LogP contribution in [-0.4, -0.2) is 22.4 Å². The largest absolute Gasteiger partial charge is 0.388 e. The number of hydrogen-bond donors (Lipinski definition) is 2. The van der Waals surface area contributed by atoms with Gasteiger partial charge in [-0.3, -0.25) is 0 Å². The first-order valence-electron chi connectivity index (χ1n) is 12.2. The molecule has 0 amide bonds. The van der Waals surface area contributed by atoms with Crippen LogP contribution in [0.5, 0.6) is 0 Å². The second-order valence-electron chi connectivity index (χ2n) is 11.0. The number of allylic oxidation sites excluding steroid dienone is 3. The van der Waals surface area contributed by atoms with Crippen molar-refractivity contribution in [3.8, 4) is 0 Å². The molecule has 0 aliphatic heterocycles. The highest BCUT2D eigenvalue weighted by atomic mass is 16.3. The fourth-order valence-electron chi connectivity index (χ4n) is 6.69. The molecule has 3 aliphatic rings. The molecule has 2 unspecified atom stereocenters. The zero-order valence-corrected chi connectivity index (χ0v) is 19.3. The third kappa shape index (κ3) is 5.07. The van der Waals surface area contributed by atoms with Crippen molar-refractivity contribution < 1.29 is 10.2 Å². The first kappa shape index (κ1) is 22.8. The van der Waals surface area contributed by atoms with E-state index in [1.54, 1.807) is 5.57 Å². The Morgan fingerprint density at radius 3 is 2.41 bits per heavy atom. The van der Waals surface area contributed by atoms with Crippen molar-refractivity contribution in [2.45, 2.75) is 104 Å². The maximum absolute atomic E-state index is 10.1. The number of aliphatic hydroxyl groups is 2. The van der Waals surface area contributed by atoms with Crippen LogP contribution in [0.15, 0.2) is 35.5 Å². The molecular formula is C27H44O2. The molecule has 29 heavy (non-hydrogen) atoms. The number of aliphatic hydroxyl groups excluding tert-OH is 2. The molecule has 0 aromatic rings. The van der Waals surface area contributed by atoms with Crippen LogP contribution in [0.4, 0.5) is 0 Å². The minimum absolute atomic E-state index is 0.458. The smallest absolute Gasteiger partial charge is 0.0809 e.